The molecule has 6 aliphatic carbocycles. The molecule has 0 heterocycles. The van der Waals surface area contributed by atoms with Crippen molar-refractivity contribution in [1.29, 1.82) is 0 Å². The third-order valence-corrected chi connectivity index (χ3v) is 6.89. The van der Waals surface area contributed by atoms with E-state index >= 15 is 0 Å². The van der Waals surface area contributed by atoms with Crippen molar-refractivity contribution in [2.45, 2.75) is 50.9 Å². The summed E-state index contributed by atoms with van der Waals surface area (Å²) in [5.74, 6) is 5.30. The Hall–Kier alpha value is -0.780. The SMILES string of the molecule is [C]1C2Cc3c[c]ccc3C1C1CCC3CC2CCC3C1. The fourth-order valence-electron chi connectivity index (χ4n) is 5.90. The predicted octanol–water partition coefficient (Wildman–Crippen LogP) is 4.67. The van der Waals surface area contributed by atoms with Crippen molar-refractivity contribution in [2.24, 2.45) is 29.6 Å². The van der Waals surface area contributed by atoms with Gasteiger partial charge in [-0.3, -0.25) is 0 Å². The maximum absolute atomic E-state index is 4.09. The van der Waals surface area contributed by atoms with Gasteiger partial charge in [0, 0.05) is 0 Å². The Labute approximate surface area is 123 Å². The third-order valence-electron chi connectivity index (χ3n) is 6.89. The molecule has 103 valence electrons. The summed E-state index contributed by atoms with van der Waals surface area (Å²) in [5.41, 5.74) is 3.19. The standard InChI is InChI=1S/C20H23/c1-2-4-19-16(3-1)11-18-12-20(19)17-8-7-13-9-15(18)6-5-14(13)10-17/h2-4,13-15,17-18,20H,5-11H2. The first-order chi connectivity index (χ1) is 9.88. The lowest BCUT2D eigenvalue weighted by atomic mass is 9.64. The van der Waals surface area contributed by atoms with E-state index in [1.165, 1.54) is 44.9 Å². The highest BCUT2D eigenvalue weighted by Crippen LogP contribution is 2.56. The van der Waals surface area contributed by atoms with Crippen LogP contribution in [0, 0.1) is 42.1 Å². The van der Waals surface area contributed by atoms with E-state index in [2.05, 4.69) is 30.7 Å². The molecule has 0 spiro atoms. The van der Waals surface area contributed by atoms with Crippen molar-refractivity contribution in [3.8, 4) is 0 Å². The topological polar surface area (TPSA) is 0 Å². The number of rotatable bonds is 0. The van der Waals surface area contributed by atoms with Gasteiger partial charge >= 0.3 is 0 Å². The van der Waals surface area contributed by atoms with Crippen LogP contribution in [0.2, 0.25) is 0 Å². The van der Waals surface area contributed by atoms with E-state index in [0.717, 1.165) is 29.6 Å². The minimum Gasteiger partial charge on any atom is -0.0578 e. The summed E-state index contributed by atoms with van der Waals surface area (Å²) in [7, 11) is 0. The number of benzene rings is 1. The normalized spacial score (nSPS) is 45.4. The molecule has 6 aliphatic rings. The van der Waals surface area contributed by atoms with Gasteiger partial charge in [0.15, 0.2) is 0 Å². The van der Waals surface area contributed by atoms with E-state index in [-0.39, 0.29) is 0 Å². The highest BCUT2D eigenvalue weighted by atomic mass is 14.5. The number of fused-ring (bicyclic) bond motifs is 3. The van der Waals surface area contributed by atoms with Gasteiger partial charge in [-0.25, -0.2) is 0 Å². The molecular weight excluding hydrogens is 240 g/mol. The second-order valence-electron chi connectivity index (χ2n) is 7.75. The van der Waals surface area contributed by atoms with Crippen LogP contribution in [0.3, 0.4) is 0 Å². The van der Waals surface area contributed by atoms with Gasteiger partial charge in [0.2, 0.25) is 0 Å². The van der Waals surface area contributed by atoms with Gasteiger partial charge in [-0.1, -0.05) is 18.2 Å². The van der Waals surface area contributed by atoms with Crippen LogP contribution in [0.4, 0.5) is 0 Å². The fraction of sp³-hybridized carbons (Fsp3) is 0.650. The molecule has 6 atom stereocenters. The Morgan fingerprint density at radius 1 is 0.900 bits per heavy atom. The first kappa shape index (κ1) is 11.8. The average Bonchev–Trinajstić information content (AvgIpc) is 2.62. The largest absolute Gasteiger partial charge is 0.0578 e. The van der Waals surface area contributed by atoms with E-state index in [1.807, 2.05) is 0 Å². The Morgan fingerprint density at radius 2 is 1.65 bits per heavy atom. The van der Waals surface area contributed by atoms with E-state index < -0.39 is 0 Å². The summed E-state index contributed by atoms with van der Waals surface area (Å²) in [6.45, 7) is 0. The zero-order valence-electron chi connectivity index (χ0n) is 12.1. The molecule has 1 aromatic rings. The van der Waals surface area contributed by atoms with Crippen LogP contribution >= 0.6 is 0 Å². The smallest absolute Gasteiger partial charge is 0.00496 e. The first-order valence-corrected chi connectivity index (χ1v) is 8.63. The van der Waals surface area contributed by atoms with Crippen molar-refractivity contribution < 1.29 is 0 Å². The molecule has 6 bridgehead atoms. The van der Waals surface area contributed by atoms with Crippen LogP contribution in [0.5, 0.6) is 0 Å². The Bertz CT molecular complexity index is 517. The van der Waals surface area contributed by atoms with Crippen molar-refractivity contribution in [3.05, 3.63) is 41.8 Å². The molecule has 0 aromatic heterocycles. The van der Waals surface area contributed by atoms with Gasteiger partial charge in [-0.2, -0.15) is 0 Å². The first-order valence-electron chi connectivity index (χ1n) is 8.63. The summed E-state index contributed by atoms with van der Waals surface area (Å²) in [6, 6.07) is 10.1. The molecular formula is C20H23. The summed E-state index contributed by atoms with van der Waals surface area (Å²) < 4.78 is 0. The second-order valence-corrected chi connectivity index (χ2v) is 7.75. The van der Waals surface area contributed by atoms with Gasteiger partial charge in [-0.15, -0.1) is 0 Å². The van der Waals surface area contributed by atoms with Gasteiger partial charge < -0.3 is 0 Å². The lowest BCUT2D eigenvalue weighted by Crippen LogP contribution is -2.31. The highest BCUT2D eigenvalue weighted by Gasteiger charge is 2.45. The Balaban J connectivity index is 1.63. The molecule has 0 aliphatic heterocycles. The number of hydrogen-bond acceptors (Lipinski definition) is 0. The predicted molar refractivity (Wildman–Crippen MR) is 80.1 cm³/mol. The molecule has 0 saturated heterocycles. The second kappa shape index (κ2) is 4.36. The molecule has 0 nitrogen and oxygen atoms in total. The van der Waals surface area contributed by atoms with Crippen molar-refractivity contribution in [2.75, 3.05) is 0 Å². The van der Waals surface area contributed by atoms with Crippen LogP contribution in [0.1, 0.15) is 55.6 Å². The molecule has 5 saturated carbocycles. The third kappa shape index (κ3) is 1.66. The summed E-state index contributed by atoms with van der Waals surface area (Å²) in [4.78, 5) is 0. The molecule has 1 aromatic carbocycles. The molecule has 7 rings (SSSR count). The fourth-order valence-corrected chi connectivity index (χ4v) is 5.90. The molecule has 0 amide bonds. The lowest BCUT2D eigenvalue weighted by Gasteiger charge is -2.41. The van der Waals surface area contributed by atoms with Gasteiger partial charge in [0.25, 0.3) is 0 Å². The van der Waals surface area contributed by atoms with E-state index in [4.69, 9.17) is 0 Å². The van der Waals surface area contributed by atoms with Gasteiger partial charge in [-0.05, 0) is 104 Å². The molecule has 20 heavy (non-hydrogen) atoms. The lowest BCUT2D eigenvalue weighted by molar-refractivity contribution is 0.0961. The maximum Gasteiger partial charge on any atom is -0.00496 e. The zero-order chi connectivity index (χ0) is 13.1. The van der Waals surface area contributed by atoms with E-state index in [1.54, 1.807) is 11.1 Å². The van der Waals surface area contributed by atoms with Crippen LogP contribution in [0.15, 0.2) is 18.2 Å². The van der Waals surface area contributed by atoms with E-state index in [0.29, 0.717) is 5.92 Å². The highest BCUT2D eigenvalue weighted by molar-refractivity contribution is 5.37. The minimum atomic E-state index is 0.639. The van der Waals surface area contributed by atoms with Crippen LogP contribution in [-0.4, -0.2) is 0 Å². The molecule has 0 N–H and O–H groups in total. The Kier molecular flexibility index (Phi) is 2.58. The molecule has 3 radical (unpaired) electrons. The molecule has 0 heteroatoms. The zero-order valence-corrected chi connectivity index (χ0v) is 12.1. The van der Waals surface area contributed by atoms with E-state index in [9.17, 15) is 0 Å². The Morgan fingerprint density at radius 3 is 2.55 bits per heavy atom. The van der Waals surface area contributed by atoms with Crippen LogP contribution in [0.25, 0.3) is 0 Å². The summed E-state index contributed by atoms with van der Waals surface area (Å²) in [5, 5.41) is 0. The molecule has 6 unspecified atom stereocenters. The molecule has 5 fully saturated rings. The van der Waals surface area contributed by atoms with Crippen molar-refractivity contribution in [3.63, 3.8) is 0 Å². The monoisotopic (exact) mass is 263 g/mol. The minimum absolute atomic E-state index is 0.639. The summed E-state index contributed by atoms with van der Waals surface area (Å²) in [6.07, 6.45) is 14.3. The van der Waals surface area contributed by atoms with Crippen molar-refractivity contribution in [1.82, 2.24) is 0 Å². The quantitative estimate of drug-likeness (QED) is 0.638. The van der Waals surface area contributed by atoms with Crippen LogP contribution < -0.4 is 0 Å². The van der Waals surface area contributed by atoms with Gasteiger partial charge in [0.1, 0.15) is 0 Å². The van der Waals surface area contributed by atoms with Gasteiger partial charge in [0.05, 0.1) is 0 Å². The summed E-state index contributed by atoms with van der Waals surface area (Å²) >= 11 is 0. The maximum atomic E-state index is 4.09. The van der Waals surface area contributed by atoms with Crippen molar-refractivity contribution >= 4 is 0 Å². The average molecular weight is 263 g/mol. The van der Waals surface area contributed by atoms with Crippen LogP contribution in [-0.2, 0) is 6.42 Å². The number of hydrogen-bond donors (Lipinski definition) is 0.